The van der Waals surface area contributed by atoms with Gasteiger partial charge in [-0.25, -0.2) is 0 Å². The number of halogens is 1. The van der Waals surface area contributed by atoms with E-state index in [1.807, 2.05) is 0 Å². The van der Waals surface area contributed by atoms with Gasteiger partial charge in [0.1, 0.15) is 0 Å². The molecule has 0 spiro atoms. The van der Waals surface area contributed by atoms with E-state index in [0.29, 0.717) is 11.8 Å². The van der Waals surface area contributed by atoms with Gasteiger partial charge in [0.2, 0.25) is 0 Å². The summed E-state index contributed by atoms with van der Waals surface area (Å²) in [7, 11) is 2.21. The number of hydrogen-bond acceptors (Lipinski definition) is 0. The summed E-state index contributed by atoms with van der Waals surface area (Å²) in [6.45, 7) is 4.67. The summed E-state index contributed by atoms with van der Waals surface area (Å²) in [5.74, 6) is 0.843. The lowest BCUT2D eigenvalue weighted by atomic mass is 9.76. The molecule has 0 radical (unpaired) electrons. The van der Waals surface area contributed by atoms with E-state index >= 15 is 0 Å². The number of nitrogens with zero attached hydrogens (tertiary/aromatic N) is 1. The van der Waals surface area contributed by atoms with E-state index in [0.717, 1.165) is 17.3 Å². The topological polar surface area (TPSA) is 20.7 Å². The van der Waals surface area contributed by atoms with Crippen molar-refractivity contribution in [2.75, 3.05) is 0 Å². The molecule has 5 aromatic rings. The number of H-pyrrole nitrogens is 1. The number of hydrogen-bond donors (Lipinski definition) is 1. The van der Waals surface area contributed by atoms with E-state index in [9.17, 15) is 0 Å². The summed E-state index contributed by atoms with van der Waals surface area (Å²) in [5.41, 5.74) is 7.93. The zero-order valence-corrected chi connectivity index (χ0v) is 20.5. The highest BCUT2D eigenvalue weighted by atomic mass is 79.9. The molecule has 0 bridgehead atoms. The van der Waals surface area contributed by atoms with Crippen molar-refractivity contribution in [2.24, 2.45) is 13.0 Å². The molecule has 3 aromatic carbocycles. The van der Waals surface area contributed by atoms with Gasteiger partial charge in [0.25, 0.3) is 0 Å². The Morgan fingerprint density at radius 1 is 0.875 bits per heavy atom. The van der Waals surface area contributed by atoms with Crippen molar-refractivity contribution in [3.8, 4) is 11.3 Å². The van der Waals surface area contributed by atoms with Crippen LogP contribution in [0.5, 0.6) is 0 Å². The minimum absolute atomic E-state index is 0.300. The highest BCUT2D eigenvalue weighted by molar-refractivity contribution is 9.10. The fraction of sp³-hybridized carbons (Fsp3) is 0.241. The molecule has 0 saturated carbocycles. The van der Waals surface area contributed by atoms with Crippen molar-refractivity contribution < 1.29 is 0 Å². The summed E-state index contributed by atoms with van der Waals surface area (Å²) in [4.78, 5) is 3.56. The third-order valence-electron chi connectivity index (χ3n) is 7.04. The minimum atomic E-state index is 0.300. The lowest BCUT2D eigenvalue weighted by Crippen LogP contribution is -2.14. The number of para-hydroxylation sites is 1. The van der Waals surface area contributed by atoms with E-state index < -0.39 is 0 Å². The largest absolute Gasteiger partial charge is 0.361 e. The Balaban J connectivity index is 1.88. The van der Waals surface area contributed by atoms with Crippen molar-refractivity contribution >= 4 is 37.7 Å². The summed E-state index contributed by atoms with van der Waals surface area (Å²) in [5, 5.41) is 2.67. The molecule has 0 fully saturated rings. The van der Waals surface area contributed by atoms with Crippen LogP contribution in [0.1, 0.15) is 43.7 Å². The smallest absolute Gasteiger partial charge is 0.0527 e. The lowest BCUT2D eigenvalue weighted by Gasteiger charge is -2.27. The van der Waals surface area contributed by atoms with Crippen LogP contribution in [-0.2, 0) is 7.05 Å². The third kappa shape index (κ3) is 3.40. The van der Waals surface area contributed by atoms with Gasteiger partial charge in [-0.05, 0) is 46.9 Å². The molecule has 1 N–H and O–H groups in total. The third-order valence-corrected chi connectivity index (χ3v) is 7.53. The molecular formula is C29H29BrN2. The van der Waals surface area contributed by atoms with Crippen LogP contribution in [0.2, 0.25) is 0 Å². The Bertz CT molecular complexity index is 1370. The molecule has 2 heterocycles. The number of rotatable bonds is 6. The number of aromatic nitrogens is 2. The van der Waals surface area contributed by atoms with Crippen molar-refractivity contribution in [1.82, 2.24) is 9.55 Å². The average Bonchev–Trinajstić information content (AvgIpc) is 3.36. The highest BCUT2D eigenvalue weighted by Crippen LogP contribution is 2.47. The summed E-state index contributed by atoms with van der Waals surface area (Å²) >= 11 is 3.70. The van der Waals surface area contributed by atoms with Crippen molar-refractivity contribution in [2.45, 2.75) is 32.6 Å². The first kappa shape index (κ1) is 21.1. The van der Waals surface area contributed by atoms with Crippen molar-refractivity contribution in [3.05, 3.63) is 94.6 Å². The summed E-state index contributed by atoms with van der Waals surface area (Å²) in [6, 6.07) is 26.3. The van der Waals surface area contributed by atoms with Crippen LogP contribution in [0.4, 0.5) is 0 Å². The van der Waals surface area contributed by atoms with Crippen LogP contribution in [0.25, 0.3) is 33.1 Å². The van der Waals surface area contributed by atoms with E-state index in [1.54, 1.807) is 0 Å². The zero-order chi connectivity index (χ0) is 22.2. The van der Waals surface area contributed by atoms with Crippen molar-refractivity contribution in [1.29, 1.82) is 0 Å². The monoisotopic (exact) mass is 484 g/mol. The molecule has 2 aromatic heterocycles. The molecule has 162 valence electrons. The second-order valence-electron chi connectivity index (χ2n) is 8.69. The van der Waals surface area contributed by atoms with Gasteiger partial charge < -0.3 is 9.55 Å². The molecule has 2 nitrogen and oxygen atoms in total. The maximum atomic E-state index is 3.70. The Morgan fingerprint density at radius 3 is 2.34 bits per heavy atom. The maximum Gasteiger partial charge on any atom is 0.0527 e. The molecular weight excluding hydrogens is 456 g/mol. The first-order valence-corrected chi connectivity index (χ1v) is 12.3. The predicted molar refractivity (Wildman–Crippen MR) is 140 cm³/mol. The van der Waals surface area contributed by atoms with E-state index in [-0.39, 0.29) is 0 Å². The number of aryl methyl sites for hydroxylation is 1. The van der Waals surface area contributed by atoms with Crippen LogP contribution in [0, 0.1) is 5.92 Å². The van der Waals surface area contributed by atoms with Crippen LogP contribution < -0.4 is 0 Å². The normalized spacial score (nSPS) is 12.8. The van der Waals surface area contributed by atoms with E-state index in [1.165, 1.54) is 44.2 Å². The number of benzene rings is 3. The molecule has 1 unspecified atom stereocenters. The Hall–Kier alpha value is -2.78. The maximum absolute atomic E-state index is 3.70. The summed E-state index contributed by atoms with van der Waals surface area (Å²) in [6.07, 6.45) is 4.52. The van der Waals surface area contributed by atoms with Gasteiger partial charge in [-0.15, -0.1) is 0 Å². The van der Waals surface area contributed by atoms with Gasteiger partial charge in [-0.2, -0.15) is 0 Å². The Kier molecular flexibility index (Phi) is 5.69. The Morgan fingerprint density at radius 2 is 1.59 bits per heavy atom. The van der Waals surface area contributed by atoms with Gasteiger partial charge in [0.15, 0.2) is 0 Å². The second kappa shape index (κ2) is 8.63. The standard InChI is InChI=1S/C29H29BrN2/c1-4-19(5-2)27(24-18-31-25-16-15-21(30)17-23(24)25)28-22-13-9-10-14-26(22)32(3)29(28)20-11-7-6-8-12-20/h6-19,27,31H,4-5H2,1-3H3. The Labute approximate surface area is 198 Å². The predicted octanol–water partition coefficient (Wildman–Crippen LogP) is 8.66. The number of nitrogens with one attached hydrogen (secondary N) is 1. The number of aromatic amines is 1. The fourth-order valence-corrected chi connectivity index (χ4v) is 5.82. The highest BCUT2D eigenvalue weighted by Gasteiger charge is 2.31. The van der Waals surface area contributed by atoms with E-state index in [4.69, 9.17) is 0 Å². The zero-order valence-electron chi connectivity index (χ0n) is 18.9. The van der Waals surface area contributed by atoms with Crippen molar-refractivity contribution in [3.63, 3.8) is 0 Å². The molecule has 32 heavy (non-hydrogen) atoms. The number of fused-ring (bicyclic) bond motifs is 2. The van der Waals surface area contributed by atoms with Crippen LogP contribution in [-0.4, -0.2) is 9.55 Å². The van der Waals surface area contributed by atoms with Gasteiger partial charge in [0.05, 0.1) is 5.69 Å². The van der Waals surface area contributed by atoms with Crippen LogP contribution >= 0.6 is 15.9 Å². The molecule has 0 saturated heterocycles. The quantitative estimate of drug-likeness (QED) is 0.248. The van der Waals surface area contributed by atoms with Gasteiger partial charge in [-0.3, -0.25) is 0 Å². The molecule has 0 amide bonds. The minimum Gasteiger partial charge on any atom is -0.361 e. The van der Waals surface area contributed by atoms with Crippen LogP contribution in [0.3, 0.4) is 0 Å². The second-order valence-corrected chi connectivity index (χ2v) is 9.61. The van der Waals surface area contributed by atoms with Gasteiger partial charge >= 0.3 is 0 Å². The fourth-order valence-electron chi connectivity index (χ4n) is 5.46. The molecule has 1 atom stereocenters. The molecule has 3 heteroatoms. The molecule has 0 aliphatic rings. The molecule has 5 rings (SSSR count). The molecule has 0 aliphatic carbocycles. The van der Waals surface area contributed by atoms with Gasteiger partial charge in [0, 0.05) is 45.4 Å². The molecule has 0 aliphatic heterocycles. The van der Waals surface area contributed by atoms with E-state index in [2.05, 4.69) is 125 Å². The first-order chi connectivity index (χ1) is 15.6. The summed E-state index contributed by atoms with van der Waals surface area (Å²) < 4.78 is 3.51. The first-order valence-electron chi connectivity index (χ1n) is 11.5. The average molecular weight is 485 g/mol. The lowest BCUT2D eigenvalue weighted by molar-refractivity contribution is 0.442. The van der Waals surface area contributed by atoms with Crippen LogP contribution in [0.15, 0.2) is 83.5 Å². The SMILES string of the molecule is CCC(CC)C(c1c[nH]c2ccc(Br)cc12)c1c(-c2ccccc2)n(C)c2ccccc12. The van der Waals surface area contributed by atoms with Gasteiger partial charge in [-0.1, -0.05) is 91.1 Å².